The summed E-state index contributed by atoms with van der Waals surface area (Å²) in [5.41, 5.74) is 5.89. The summed E-state index contributed by atoms with van der Waals surface area (Å²) in [5, 5.41) is 5.48. The second-order valence-corrected chi connectivity index (χ2v) is 6.18. The van der Waals surface area contributed by atoms with Gasteiger partial charge in [-0.3, -0.25) is 9.69 Å². The van der Waals surface area contributed by atoms with Gasteiger partial charge in [-0.1, -0.05) is 0 Å². The van der Waals surface area contributed by atoms with Crippen molar-refractivity contribution in [3.05, 3.63) is 21.9 Å². The number of nitrogens with two attached hydrogens (primary N) is 1. The van der Waals surface area contributed by atoms with Crippen molar-refractivity contribution in [2.24, 2.45) is 5.73 Å². The van der Waals surface area contributed by atoms with Gasteiger partial charge in [0.1, 0.15) is 0 Å². The summed E-state index contributed by atoms with van der Waals surface area (Å²) in [6, 6.07) is 3.26. The molecule has 2 atom stereocenters. The maximum atomic E-state index is 11.0. The average molecular weight is 265 g/mol. The van der Waals surface area contributed by atoms with Gasteiger partial charge in [-0.2, -0.15) is 0 Å². The van der Waals surface area contributed by atoms with Gasteiger partial charge in [-0.15, -0.1) is 11.3 Å². The second kappa shape index (κ2) is 4.99. The lowest BCUT2D eigenvalue weighted by molar-refractivity contribution is 0.100. The van der Waals surface area contributed by atoms with Gasteiger partial charge in [-0.05, 0) is 31.9 Å². The Bertz CT molecular complexity index is 445. The molecule has 2 aliphatic rings. The van der Waals surface area contributed by atoms with E-state index in [1.807, 2.05) is 11.4 Å². The third-order valence-corrected chi connectivity index (χ3v) is 5.02. The van der Waals surface area contributed by atoms with Gasteiger partial charge >= 0.3 is 0 Å². The molecular weight excluding hydrogens is 246 g/mol. The molecule has 1 aromatic rings. The van der Waals surface area contributed by atoms with Crippen LogP contribution in [0.2, 0.25) is 0 Å². The van der Waals surface area contributed by atoms with Crippen LogP contribution in [0.4, 0.5) is 0 Å². The molecule has 18 heavy (non-hydrogen) atoms. The van der Waals surface area contributed by atoms with E-state index in [0.29, 0.717) is 11.6 Å². The van der Waals surface area contributed by atoms with E-state index in [2.05, 4.69) is 10.2 Å². The van der Waals surface area contributed by atoms with Crippen molar-refractivity contribution in [3.8, 4) is 0 Å². The van der Waals surface area contributed by atoms with Gasteiger partial charge in [0.15, 0.2) is 0 Å². The number of carbonyl (C=O) groups is 1. The summed E-state index contributed by atoms with van der Waals surface area (Å²) in [6.45, 7) is 3.36. The maximum Gasteiger partial charge on any atom is 0.249 e. The third-order valence-electron chi connectivity index (χ3n) is 4.08. The maximum absolute atomic E-state index is 11.0. The Morgan fingerprint density at radius 3 is 3.17 bits per heavy atom. The van der Waals surface area contributed by atoms with Crippen LogP contribution in [0.15, 0.2) is 11.4 Å². The van der Waals surface area contributed by atoms with Crippen LogP contribution in [0.5, 0.6) is 0 Å². The van der Waals surface area contributed by atoms with E-state index in [4.69, 9.17) is 5.73 Å². The first-order chi connectivity index (χ1) is 8.74. The number of thiophene rings is 1. The minimum absolute atomic E-state index is 0.333. The minimum Gasteiger partial charge on any atom is -0.366 e. The molecule has 0 spiro atoms. The lowest BCUT2D eigenvalue weighted by Crippen LogP contribution is -2.38. The van der Waals surface area contributed by atoms with E-state index < -0.39 is 0 Å². The summed E-state index contributed by atoms with van der Waals surface area (Å²) < 4.78 is 0. The first kappa shape index (κ1) is 12.1. The van der Waals surface area contributed by atoms with Crippen molar-refractivity contribution in [2.75, 3.05) is 13.1 Å². The highest BCUT2D eigenvalue weighted by atomic mass is 32.1. The third kappa shape index (κ3) is 2.30. The Morgan fingerprint density at radius 1 is 1.50 bits per heavy atom. The number of fused-ring (bicyclic) bond motifs is 1. The van der Waals surface area contributed by atoms with Gasteiger partial charge < -0.3 is 11.1 Å². The molecular formula is C13H19N3OS. The summed E-state index contributed by atoms with van der Waals surface area (Å²) in [4.78, 5) is 14.8. The molecule has 4 nitrogen and oxygen atoms in total. The van der Waals surface area contributed by atoms with Crippen LogP contribution in [0.25, 0.3) is 0 Å². The average Bonchev–Trinajstić information content (AvgIpc) is 3.03. The molecule has 2 fully saturated rings. The van der Waals surface area contributed by atoms with E-state index in [-0.39, 0.29) is 5.91 Å². The molecule has 5 heteroatoms. The molecule has 0 aromatic carbocycles. The molecule has 0 aliphatic carbocycles. The summed E-state index contributed by atoms with van der Waals surface area (Å²) in [7, 11) is 0. The van der Waals surface area contributed by atoms with Crippen LogP contribution in [-0.2, 0) is 6.54 Å². The zero-order chi connectivity index (χ0) is 12.5. The number of nitrogens with zero attached hydrogens (tertiary/aromatic N) is 1. The normalized spacial score (nSPS) is 27.6. The molecule has 3 rings (SSSR count). The molecule has 0 saturated carbocycles. The molecule has 1 amide bonds. The SMILES string of the molecule is NC(=O)c1csc(CNC2CCN3CCCC23)c1. The lowest BCUT2D eigenvalue weighted by Gasteiger charge is -2.20. The van der Waals surface area contributed by atoms with Crippen LogP contribution in [0, 0.1) is 0 Å². The van der Waals surface area contributed by atoms with Crippen molar-refractivity contribution >= 4 is 17.2 Å². The monoisotopic (exact) mass is 265 g/mol. The molecule has 1 aromatic heterocycles. The zero-order valence-corrected chi connectivity index (χ0v) is 11.2. The van der Waals surface area contributed by atoms with Crippen LogP contribution in [-0.4, -0.2) is 36.0 Å². The van der Waals surface area contributed by atoms with E-state index >= 15 is 0 Å². The van der Waals surface area contributed by atoms with Crippen LogP contribution >= 0.6 is 11.3 Å². The van der Waals surface area contributed by atoms with Gasteiger partial charge in [-0.25, -0.2) is 0 Å². The highest BCUT2D eigenvalue weighted by molar-refractivity contribution is 7.10. The molecule has 0 radical (unpaired) electrons. The smallest absolute Gasteiger partial charge is 0.249 e. The van der Waals surface area contributed by atoms with Gasteiger partial charge in [0.25, 0.3) is 0 Å². The van der Waals surface area contributed by atoms with E-state index in [1.54, 1.807) is 11.3 Å². The van der Waals surface area contributed by atoms with Gasteiger partial charge in [0.2, 0.25) is 5.91 Å². The van der Waals surface area contributed by atoms with Gasteiger partial charge in [0, 0.05) is 35.4 Å². The highest BCUT2D eigenvalue weighted by Crippen LogP contribution is 2.28. The van der Waals surface area contributed by atoms with Crippen LogP contribution in [0.3, 0.4) is 0 Å². The fourth-order valence-electron chi connectivity index (χ4n) is 3.15. The van der Waals surface area contributed by atoms with E-state index in [0.717, 1.165) is 12.6 Å². The number of hydrogen-bond donors (Lipinski definition) is 2. The van der Waals surface area contributed by atoms with Crippen molar-refractivity contribution in [1.29, 1.82) is 0 Å². The van der Waals surface area contributed by atoms with Crippen molar-refractivity contribution < 1.29 is 4.79 Å². The molecule has 0 bridgehead atoms. The molecule has 2 saturated heterocycles. The molecule has 3 N–H and O–H groups in total. The first-order valence-electron chi connectivity index (χ1n) is 6.58. The van der Waals surface area contributed by atoms with Crippen LogP contribution in [0.1, 0.15) is 34.5 Å². The first-order valence-corrected chi connectivity index (χ1v) is 7.46. The number of carbonyl (C=O) groups excluding carboxylic acids is 1. The molecule has 3 heterocycles. The van der Waals surface area contributed by atoms with E-state index in [9.17, 15) is 4.79 Å². The standard InChI is InChI=1S/C13H19N3OS/c14-13(17)9-6-10(18-8-9)7-15-11-3-5-16-4-1-2-12(11)16/h6,8,11-12,15H,1-5,7H2,(H2,14,17). The summed E-state index contributed by atoms with van der Waals surface area (Å²) >= 11 is 1.61. The topological polar surface area (TPSA) is 58.4 Å². The number of amides is 1. The fourth-order valence-corrected chi connectivity index (χ4v) is 3.98. The van der Waals surface area contributed by atoms with Crippen molar-refractivity contribution in [1.82, 2.24) is 10.2 Å². The summed E-state index contributed by atoms with van der Waals surface area (Å²) in [6.07, 6.45) is 3.92. The zero-order valence-electron chi connectivity index (χ0n) is 10.4. The number of primary amides is 1. The Hall–Kier alpha value is -0.910. The lowest BCUT2D eigenvalue weighted by atomic mass is 10.1. The number of rotatable bonds is 4. The Morgan fingerprint density at radius 2 is 2.39 bits per heavy atom. The quantitative estimate of drug-likeness (QED) is 0.859. The second-order valence-electron chi connectivity index (χ2n) is 5.19. The number of hydrogen-bond acceptors (Lipinski definition) is 4. The summed E-state index contributed by atoms with van der Waals surface area (Å²) in [5.74, 6) is -0.333. The number of nitrogens with one attached hydrogen (secondary N) is 1. The van der Waals surface area contributed by atoms with Crippen LogP contribution < -0.4 is 11.1 Å². The Kier molecular flexibility index (Phi) is 3.37. The minimum atomic E-state index is -0.333. The predicted molar refractivity (Wildman–Crippen MR) is 72.7 cm³/mol. The fraction of sp³-hybridized carbons (Fsp3) is 0.615. The molecule has 98 valence electrons. The van der Waals surface area contributed by atoms with Gasteiger partial charge in [0.05, 0.1) is 5.56 Å². The predicted octanol–water partition coefficient (Wildman–Crippen LogP) is 1.17. The van der Waals surface area contributed by atoms with Crippen molar-refractivity contribution in [3.63, 3.8) is 0 Å². The van der Waals surface area contributed by atoms with E-state index in [1.165, 1.54) is 37.2 Å². The highest BCUT2D eigenvalue weighted by Gasteiger charge is 2.36. The molecule has 2 aliphatic heterocycles. The molecule has 2 unspecified atom stereocenters. The van der Waals surface area contributed by atoms with Crippen molar-refractivity contribution in [2.45, 2.75) is 37.9 Å². The largest absolute Gasteiger partial charge is 0.366 e. The Labute approximate surface area is 111 Å². The Balaban J connectivity index is 1.56.